The van der Waals surface area contributed by atoms with Crippen LogP contribution in [0.3, 0.4) is 0 Å². The SMILES string of the molecule is Cc1ccc(NC(=O)Cn2c(=O)n(-c3cc(F)cc(F)c3)c(=O)c3sccc32)c(C)c1. The third-order valence-corrected chi connectivity index (χ3v) is 5.71. The van der Waals surface area contributed by atoms with Gasteiger partial charge in [-0.25, -0.2) is 18.1 Å². The molecular formula is C22H17F2N3O3S. The number of nitrogens with one attached hydrogen (secondary N) is 1. The van der Waals surface area contributed by atoms with Crippen LogP contribution in [-0.2, 0) is 11.3 Å². The average molecular weight is 441 g/mol. The third kappa shape index (κ3) is 3.91. The van der Waals surface area contributed by atoms with E-state index in [1.165, 1.54) is 0 Å². The minimum atomic E-state index is -0.924. The van der Waals surface area contributed by atoms with E-state index >= 15 is 0 Å². The molecule has 158 valence electrons. The Hall–Kier alpha value is -3.59. The van der Waals surface area contributed by atoms with Gasteiger partial charge in [-0.3, -0.25) is 14.2 Å². The summed E-state index contributed by atoms with van der Waals surface area (Å²) in [6, 6.07) is 9.53. The number of aryl methyl sites for hydroxylation is 2. The Morgan fingerprint density at radius 2 is 1.74 bits per heavy atom. The van der Waals surface area contributed by atoms with Crippen molar-refractivity contribution in [1.82, 2.24) is 9.13 Å². The van der Waals surface area contributed by atoms with Gasteiger partial charge in [0.2, 0.25) is 5.91 Å². The van der Waals surface area contributed by atoms with Crippen LogP contribution in [0.4, 0.5) is 14.5 Å². The normalized spacial score (nSPS) is 11.1. The number of anilines is 1. The molecular weight excluding hydrogens is 424 g/mol. The first kappa shape index (κ1) is 20.7. The highest BCUT2D eigenvalue weighted by Crippen LogP contribution is 2.19. The fourth-order valence-corrected chi connectivity index (χ4v) is 4.25. The van der Waals surface area contributed by atoms with Gasteiger partial charge in [0.05, 0.1) is 11.2 Å². The molecule has 0 atom stereocenters. The van der Waals surface area contributed by atoms with E-state index in [1.807, 2.05) is 26.0 Å². The van der Waals surface area contributed by atoms with Crippen LogP contribution in [0.1, 0.15) is 11.1 Å². The molecule has 2 aromatic heterocycles. The molecule has 0 aliphatic heterocycles. The summed E-state index contributed by atoms with van der Waals surface area (Å²) in [5.41, 5.74) is 0.978. The van der Waals surface area contributed by atoms with Gasteiger partial charge in [-0.15, -0.1) is 11.3 Å². The maximum Gasteiger partial charge on any atom is 0.336 e. The van der Waals surface area contributed by atoms with E-state index in [-0.39, 0.29) is 22.4 Å². The van der Waals surface area contributed by atoms with Crippen LogP contribution in [0.25, 0.3) is 15.9 Å². The standard InChI is InChI=1S/C22H17F2N3O3S/c1-12-3-4-17(13(2)7-12)25-19(28)11-26-18-5-6-31-20(18)21(29)27(22(26)30)16-9-14(23)8-15(24)10-16/h3-10H,11H2,1-2H3,(H,25,28). The number of carbonyl (C=O) groups excluding carboxylic acids is 1. The first-order chi connectivity index (χ1) is 14.7. The topological polar surface area (TPSA) is 73.1 Å². The van der Waals surface area contributed by atoms with Crippen molar-refractivity contribution in [3.05, 3.63) is 91.4 Å². The Bertz CT molecular complexity index is 1430. The van der Waals surface area contributed by atoms with Gasteiger partial charge in [0.1, 0.15) is 22.9 Å². The molecule has 0 aliphatic carbocycles. The molecule has 1 N–H and O–H groups in total. The second-order valence-corrected chi connectivity index (χ2v) is 8.05. The van der Waals surface area contributed by atoms with Gasteiger partial charge in [-0.05, 0) is 49.1 Å². The lowest BCUT2D eigenvalue weighted by Gasteiger charge is -2.13. The molecule has 4 aromatic rings. The molecule has 9 heteroatoms. The van der Waals surface area contributed by atoms with Crippen molar-refractivity contribution in [2.45, 2.75) is 20.4 Å². The zero-order valence-electron chi connectivity index (χ0n) is 16.6. The summed E-state index contributed by atoms with van der Waals surface area (Å²) in [7, 11) is 0. The number of nitrogens with zero attached hydrogens (tertiary/aromatic N) is 2. The van der Waals surface area contributed by atoms with Crippen LogP contribution >= 0.6 is 11.3 Å². The van der Waals surface area contributed by atoms with E-state index in [9.17, 15) is 23.2 Å². The summed E-state index contributed by atoms with van der Waals surface area (Å²) in [6.45, 7) is 3.41. The molecule has 1 amide bonds. The number of benzene rings is 2. The molecule has 31 heavy (non-hydrogen) atoms. The molecule has 6 nitrogen and oxygen atoms in total. The minimum absolute atomic E-state index is 0.198. The van der Waals surface area contributed by atoms with Crippen LogP contribution < -0.4 is 16.6 Å². The maximum absolute atomic E-state index is 13.7. The lowest BCUT2D eigenvalue weighted by Crippen LogP contribution is -2.40. The van der Waals surface area contributed by atoms with E-state index in [1.54, 1.807) is 17.5 Å². The number of aromatic nitrogens is 2. The summed E-state index contributed by atoms with van der Waals surface area (Å²) in [5.74, 6) is -2.32. The first-order valence-electron chi connectivity index (χ1n) is 9.31. The maximum atomic E-state index is 13.7. The second-order valence-electron chi connectivity index (χ2n) is 7.14. The summed E-state index contributed by atoms with van der Waals surface area (Å²) >= 11 is 1.08. The van der Waals surface area contributed by atoms with Crippen LogP contribution in [0, 0.1) is 25.5 Å². The zero-order chi connectivity index (χ0) is 22.3. The molecule has 0 fully saturated rings. The highest BCUT2D eigenvalue weighted by Gasteiger charge is 2.19. The summed E-state index contributed by atoms with van der Waals surface area (Å²) in [4.78, 5) is 38.7. The Morgan fingerprint density at radius 3 is 2.42 bits per heavy atom. The van der Waals surface area contributed by atoms with Gasteiger partial charge < -0.3 is 5.32 Å². The van der Waals surface area contributed by atoms with Crippen molar-refractivity contribution in [2.24, 2.45) is 0 Å². The molecule has 0 saturated carbocycles. The number of carbonyl (C=O) groups is 1. The molecule has 0 unspecified atom stereocenters. The number of rotatable bonds is 4. The Labute approximate surface area is 179 Å². The van der Waals surface area contributed by atoms with E-state index in [4.69, 9.17) is 0 Å². The first-order valence-corrected chi connectivity index (χ1v) is 10.2. The van der Waals surface area contributed by atoms with Gasteiger partial charge in [0, 0.05) is 11.8 Å². The smallest absolute Gasteiger partial charge is 0.324 e. The molecule has 0 saturated heterocycles. The van der Waals surface area contributed by atoms with Crippen molar-refractivity contribution in [3.8, 4) is 5.69 Å². The Morgan fingerprint density at radius 1 is 1.03 bits per heavy atom. The van der Waals surface area contributed by atoms with Gasteiger partial charge in [-0.1, -0.05) is 17.7 Å². The van der Waals surface area contributed by atoms with Crippen molar-refractivity contribution in [1.29, 1.82) is 0 Å². The van der Waals surface area contributed by atoms with Crippen LogP contribution in [-0.4, -0.2) is 15.0 Å². The number of halogens is 2. The van der Waals surface area contributed by atoms with Crippen molar-refractivity contribution >= 4 is 33.1 Å². The van der Waals surface area contributed by atoms with Gasteiger partial charge in [0.25, 0.3) is 5.56 Å². The van der Waals surface area contributed by atoms with Crippen LogP contribution in [0.2, 0.25) is 0 Å². The van der Waals surface area contributed by atoms with Gasteiger partial charge in [0.15, 0.2) is 0 Å². The third-order valence-electron chi connectivity index (χ3n) is 4.82. The summed E-state index contributed by atoms with van der Waals surface area (Å²) in [6.07, 6.45) is 0. The van der Waals surface area contributed by atoms with Gasteiger partial charge >= 0.3 is 5.69 Å². The number of fused-ring (bicyclic) bond motifs is 1. The number of amides is 1. The molecule has 0 bridgehead atoms. The quantitative estimate of drug-likeness (QED) is 0.524. The average Bonchev–Trinajstić information content (AvgIpc) is 3.17. The number of hydrogen-bond acceptors (Lipinski definition) is 4. The molecule has 4 rings (SSSR count). The molecule has 0 spiro atoms. The van der Waals surface area contributed by atoms with Crippen molar-refractivity contribution in [3.63, 3.8) is 0 Å². The number of thiophene rings is 1. The van der Waals surface area contributed by atoms with Crippen molar-refractivity contribution < 1.29 is 13.6 Å². The van der Waals surface area contributed by atoms with E-state index in [0.717, 1.165) is 39.2 Å². The van der Waals surface area contributed by atoms with E-state index < -0.39 is 28.8 Å². The second kappa shape index (κ2) is 7.92. The highest BCUT2D eigenvalue weighted by molar-refractivity contribution is 7.17. The van der Waals surface area contributed by atoms with E-state index in [2.05, 4.69) is 5.32 Å². The van der Waals surface area contributed by atoms with Crippen LogP contribution in [0.5, 0.6) is 0 Å². The van der Waals surface area contributed by atoms with Crippen molar-refractivity contribution in [2.75, 3.05) is 5.32 Å². The predicted molar refractivity (Wildman–Crippen MR) is 116 cm³/mol. The summed E-state index contributed by atoms with van der Waals surface area (Å²) < 4.78 is 29.4. The number of hydrogen-bond donors (Lipinski definition) is 1. The molecule has 0 radical (unpaired) electrons. The fraction of sp³-hybridized carbons (Fsp3) is 0.136. The monoisotopic (exact) mass is 441 g/mol. The Kier molecular flexibility index (Phi) is 5.28. The largest absolute Gasteiger partial charge is 0.336 e. The molecule has 2 aromatic carbocycles. The molecule has 2 heterocycles. The van der Waals surface area contributed by atoms with Crippen LogP contribution in [0.15, 0.2) is 57.4 Å². The lowest BCUT2D eigenvalue weighted by atomic mass is 10.1. The fourth-order valence-electron chi connectivity index (χ4n) is 3.42. The zero-order valence-corrected chi connectivity index (χ0v) is 17.4. The predicted octanol–water partition coefficient (Wildman–Crippen LogP) is 3.75. The lowest BCUT2D eigenvalue weighted by molar-refractivity contribution is -0.116. The highest BCUT2D eigenvalue weighted by atomic mass is 32.1. The van der Waals surface area contributed by atoms with E-state index in [0.29, 0.717) is 16.3 Å². The summed E-state index contributed by atoms with van der Waals surface area (Å²) in [5, 5.41) is 4.37. The minimum Gasteiger partial charge on any atom is -0.324 e. The van der Waals surface area contributed by atoms with Gasteiger partial charge in [-0.2, -0.15) is 0 Å². The molecule has 0 aliphatic rings. The Balaban J connectivity index is 1.81.